The molecule has 2 rings (SSSR count). The summed E-state index contributed by atoms with van der Waals surface area (Å²) < 4.78 is 10.4. The molecule has 1 amide bonds. The highest BCUT2D eigenvalue weighted by Gasteiger charge is 2.22. The van der Waals surface area contributed by atoms with Gasteiger partial charge in [0.2, 0.25) is 0 Å². The van der Waals surface area contributed by atoms with Gasteiger partial charge in [0.25, 0.3) is 0 Å². The fraction of sp³-hybridized carbons (Fsp3) is 0.222. The maximum Gasteiger partial charge on any atom is 0.407 e. The molecule has 0 radical (unpaired) electrons. The number of carbonyl (C=O) groups is 2. The Morgan fingerprint density at radius 2 is 1.92 bits per heavy atom. The van der Waals surface area contributed by atoms with Crippen LogP contribution in [0.2, 0.25) is 5.02 Å². The van der Waals surface area contributed by atoms with Crippen molar-refractivity contribution in [1.29, 1.82) is 0 Å². The molecule has 7 heteroatoms. The van der Waals surface area contributed by atoms with Crippen molar-refractivity contribution >= 4 is 23.7 Å². The average molecular weight is 364 g/mol. The molecule has 132 valence electrons. The van der Waals surface area contributed by atoms with E-state index in [0.717, 1.165) is 5.56 Å². The van der Waals surface area contributed by atoms with E-state index in [1.807, 2.05) is 30.3 Å². The van der Waals surface area contributed by atoms with Crippen LogP contribution in [-0.2, 0) is 16.1 Å². The average Bonchev–Trinajstić information content (AvgIpc) is 2.60. The van der Waals surface area contributed by atoms with Gasteiger partial charge >= 0.3 is 12.1 Å². The molecule has 2 aromatic carbocycles. The summed E-state index contributed by atoms with van der Waals surface area (Å²) in [5.41, 5.74) is 1.29. The molecule has 0 saturated carbocycles. The summed E-state index contributed by atoms with van der Waals surface area (Å²) in [6.45, 7) is 0.0825. The number of carboxylic acids is 1. The van der Waals surface area contributed by atoms with Gasteiger partial charge in [-0.3, -0.25) is 4.79 Å². The van der Waals surface area contributed by atoms with Crippen LogP contribution in [0.1, 0.15) is 23.6 Å². The maximum absolute atomic E-state index is 12.1. The Balaban J connectivity index is 2.11. The van der Waals surface area contributed by atoms with Gasteiger partial charge < -0.3 is 19.9 Å². The quantitative estimate of drug-likeness (QED) is 0.781. The third-order valence-electron chi connectivity index (χ3n) is 3.45. The van der Waals surface area contributed by atoms with Crippen molar-refractivity contribution in [3.63, 3.8) is 0 Å². The minimum Gasteiger partial charge on any atom is -0.496 e. The highest BCUT2D eigenvalue weighted by molar-refractivity contribution is 6.30. The number of carbonyl (C=O) groups excluding carboxylic acids is 1. The molecule has 0 unspecified atom stereocenters. The van der Waals surface area contributed by atoms with Gasteiger partial charge in [0.05, 0.1) is 19.6 Å². The molecule has 0 aliphatic rings. The Kier molecular flexibility index (Phi) is 6.65. The summed E-state index contributed by atoms with van der Waals surface area (Å²) in [4.78, 5) is 23.2. The first-order chi connectivity index (χ1) is 12.0. The number of rotatable bonds is 7. The van der Waals surface area contributed by atoms with Crippen molar-refractivity contribution in [3.8, 4) is 5.75 Å². The van der Waals surface area contributed by atoms with Gasteiger partial charge in [-0.25, -0.2) is 4.79 Å². The number of nitrogens with one attached hydrogen (secondary N) is 1. The predicted octanol–water partition coefficient (Wildman–Crippen LogP) is 3.79. The molecular weight excluding hydrogens is 346 g/mol. The second-order valence-electron chi connectivity index (χ2n) is 5.24. The third kappa shape index (κ3) is 5.69. The van der Waals surface area contributed by atoms with Crippen LogP contribution in [-0.4, -0.2) is 24.3 Å². The number of carboxylic acid groups (broad SMARTS) is 1. The number of hydrogen-bond acceptors (Lipinski definition) is 4. The third-order valence-corrected chi connectivity index (χ3v) is 3.69. The minimum atomic E-state index is -1.07. The lowest BCUT2D eigenvalue weighted by atomic mass is 10.0. The fourth-order valence-corrected chi connectivity index (χ4v) is 2.48. The molecule has 0 aliphatic carbocycles. The van der Waals surface area contributed by atoms with Crippen molar-refractivity contribution < 1.29 is 24.2 Å². The van der Waals surface area contributed by atoms with Crippen LogP contribution in [0.3, 0.4) is 0 Å². The summed E-state index contributed by atoms with van der Waals surface area (Å²) in [5, 5.41) is 12.1. The molecular formula is C18H18ClNO5. The molecule has 0 bridgehead atoms. The number of hydrogen-bond donors (Lipinski definition) is 2. The van der Waals surface area contributed by atoms with Crippen LogP contribution < -0.4 is 10.1 Å². The SMILES string of the molecule is COc1ccc(Cl)cc1[C@H](CC(=O)O)NC(=O)OCc1ccccc1. The van der Waals surface area contributed by atoms with E-state index < -0.39 is 18.1 Å². The maximum atomic E-state index is 12.1. The van der Waals surface area contributed by atoms with Crippen molar-refractivity contribution in [2.45, 2.75) is 19.1 Å². The minimum absolute atomic E-state index is 0.0825. The Morgan fingerprint density at radius 3 is 2.56 bits per heavy atom. The Labute approximate surface area is 150 Å². The van der Waals surface area contributed by atoms with Gasteiger partial charge in [-0.2, -0.15) is 0 Å². The van der Waals surface area contributed by atoms with Crippen LogP contribution in [0.5, 0.6) is 5.75 Å². The Morgan fingerprint density at radius 1 is 1.20 bits per heavy atom. The number of aliphatic carboxylic acids is 1. The molecule has 0 saturated heterocycles. The standard InChI is InChI=1S/C18H18ClNO5/c1-24-16-8-7-13(19)9-14(16)15(10-17(21)22)20-18(23)25-11-12-5-3-2-4-6-12/h2-9,15H,10-11H2,1H3,(H,20,23)(H,21,22)/t15-/m0/s1. The fourth-order valence-electron chi connectivity index (χ4n) is 2.30. The summed E-state index contributed by atoms with van der Waals surface area (Å²) in [7, 11) is 1.46. The van der Waals surface area contributed by atoms with Gasteiger partial charge in [0.15, 0.2) is 0 Å². The second kappa shape index (κ2) is 8.94. The Bertz CT molecular complexity index is 736. The molecule has 0 fully saturated rings. The first-order valence-corrected chi connectivity index (χ1v) is 7.90. The van der Waals surface area contributed by atoms with Crippen molar-refractivity contribution in [2.24, 2.45) is 0 Å². The second-order valence-corrected chi connectivity index (χ2v) is 5.68. The number of benzene rings is 2. The lowest BCUT2D eigenvalue weighted by Crippen LogP contribution is -2.31. The normalized spacial score (nSPS) is 11.4. The first-order valence-electron chi connectivity index (χ1n) is 7.52. The van der Waals surface area contributed by atoms with Gasteiger partial charge in [-0.1, -0.05) is 41.9 Å². The molecule has 2 aromatic rings. The summed E-state index contributed by atoms with van der Waals surface area (Å²) in [6.07, 6.45) is -1.06. The van der Waals surface area contributed by atoms with Crippen LogP contribution >= 0.6 is 11.6 Å². The number of methoxy groups -OCH3 is 1. The van der Waals surface area contributed by atoms with Crippen molar-refractivity contribution in [2.75, 3.05) is 7.11 Å². The van der Waals surface area contributed by atoms with Crippen LogP contribution in [0, 0.1) is 0 Å². The molecule has 6 nitrogen and oxygen atoms in total. The van der Waals surface area contributed by atoms with E-state index in [4.69, 9.17) is 26.2 Å². The zero-order chi connectivity index (χ0) is 18.2. The van der Waals surface area contributed by atoms with Gasteiger partial charge in [-0.05, 0) is 23.8 Å². The van der Waals surface area contributed by atoms with Crippen LogP contribution in [0.15, 0.2) is 48.5 Å². The van der Waals surface area contributed by atoms with E-state index in [2.05, 4.69) is 5.32 Å². The molecule has 0 aromatic heterocycles. The first kappa shape index (κ1) is 18.6. The lowest BCUT2D eigenvalue weighted by molar-refractivity contribution is -0.137. The highest BCUT2D eigenvalue weighted by Crippen LogP contribution is 2.30. The van der Waals surface area contributed by atoms with Gasteiger partial charge in [0.1, 0.15) is 12.4 Å². The van der Waals surface area contributed by atoms with Crippen LogP contribution in [0.4, 0.5) is 4.79 Å². The zero-order valence-corrected chi connectivity index (χ0v) is 14.3. The lowest BCUT2D eigenvalue weighted by Gasteiger charge is -2.20. The summed E-state index contributed by atoms with van der Waals surface area (Å²) in [5.74, 6) is -0.644. The monoisotopic (exact) mass is 363 g/mol. The molecule has 1 atom stereocenters. The topological polar surface area (TPSA) is 84.9 Å². The van der Waals surface area contributed by atoms with E-state index in [1.54, 1.807) is 18.2 Å². The Hall–Kier alpha value is -2.73. The number of amides is 1. The number of halogens is 1. The summed E-state index contributed by atoms with van der Waals surface area (Å²) >= 11 is 5.99. The molecule has 0 aliphatic heterocycles. The van der Waals surface area contributed by atoms with Crippen molar-refractivity contribution in [3.05, 3.63) is 64.7 Å². The van der Waals surface area contributed by atoms with Crippen molar-refractivity contribution in [1.82, 2.24) is 5.32 Å². The number of ether oxygens (including phenoxy) is 2. The van der Waals surface area contributed by atoms with E-state index in [0.29, 0.717) is 16.3 Å². The molecule has 0 heterocycles. The van der Waals surface area contributed by atoms with Gasteiger partial charge in [-0.15, -0.1) is 0 Å². The largest absolute Gasteiger partial charge is 0.496 e. The predicted molar refractivity (Wildman–Crippen MR) is 92.8 cm³/mol. The molecule has 2 N–H and O–H groups in total. The van der Waals surface area contributed by atoms with E-state index in [9.17, 15) is 9.59 Å². The summed E-state index contributed by atoms with van der Waals surface area (Å²) in [6, 6.07) is 13.1. The molecule has 0 spiro atoms. The van der Waals surface area contributed by atoms with Gasteiger partial charge in [0, 0.05) is 10.6 Å². The molecule has 25 heavy (non-hydrogen) atoms. The van der Waals surface area contributed by atoms with E-state index in [1.165, 1.54) is 7.11 Å². The zero-order valence-electron chi connectivity index (χ0n) is 13.6. The smallest absolute Gasteiger partial charge is 0.407 e. The highest BCUT2D eigenvalue weighted by atomic mass is 35.5. The van der Waals surface area contributed by atoms with E-state index >= 15 is 0 Å². The number of alkyl carbamates (subject to hydrolysis) is 1. The van der Waals surface area contributed by atoms with E-state index in [-0.39, 0.29) is 13.0 Å². The van der Waals surface area contributed by atoms with Crippen LogP contribution in [0.25, 0.3) is 0 Å².